The number of para-hydroxylation sites is 2. The lowest BCUT2D eigenvalue weighted by Gasteiger charge is -2.26. The van der Waals surface area contributed by atoms with Gasteiger partial charge in [0, 0.05) is 6.54 Å². The zero-order chi connectivity index (χ0) is 13.2. The van der Waals surface area contributed by atoms with Crippen molar-refractivity contribution in [1.29, 1.82) is 0 Å². The van der Waals surface area contributed by atoms with Crippen LogP contribution in [0.5, 0.6) is 0 Å². The van der Waals surface area contributed by atoms with Gasteiger partial charge in [-0.2, -0.15) is 0 Å². The number of carbonyl (C=O) groups is 1. The Morgan fingerprint density at radius 1 is 1.42 bits per heavy atom. The quantitative estimate of drug-likeness (QED) is 0.853. The van der Waals surface area contributed by atoms with Crippen LogP contribution in [-0.4, -0.2) is 26.4 Å². The molecule has 1 saturated carbocycles. The van der Waals surface area contributed by atoms with Gasteiger partial charge in [-0.3, -0.25) is 4.79 Å². The molecule has 1 heterocycles. The molecule has 0 radical (unpaired) electrons. The number of hydrogen-bond donors (Lipinski definition) is 1. The maximum absolute atomic E-state index is 10.7. The van der Waals surface area contributed by atoms with Gasteiger partial charge in [-0.25, -0.2) is 4.98 Å². The van der Waals surface area contributed by atoms with Crippen molar-refractivity contribution in [2.75, 3.05) is 5.75 Å². The third-order valence-electron chi connectivity index (χ3n) is 3.61. The number of thioether (sulfide) groups is 1. The molecule has 2 aromatic rings. The van der Waals surface area contributed by atoms with E-state index in [2.05, 4.69) is 15.6 Å². The summed E-state index contributed by atoms with van der Waals surface area (Å²) in [6.45, 7) is 0.961. The van der Waals surface area contributed by atoms with E-state index in [1.165, 1.54) is 31.0 Å². The zero-order valence-corrected chi connectivity index (χ0v) is 11.4. The third kappa shape index (κ3) is 2.61. The van der Waals surface area contributed by atoms with Crippen molar-refractivity contribution in [3.8, 4) is 0 Å². The number of nitrogens with zero attached hydrogens (tertiary/aromatic N) is 2. The summed E-state index contributed by atoms with van der Waals surface area (Å²) in [5.74, 6) is -0.0115. The summed E-state index contributed by atoms with van der Waals surface area (Å²) in [5, 5.41) is 9.65. The van der Waals surface area contributed by atoms with Crippen LogP contribution in [0.2, 0.25) is 0 Å². The maximum Gasteiger partial charge on any atom is 0.313 e. The van der Waals surface area contributed by atoms with Crippen LogP contribution in [0, 0.1) is 5.92 Å². The maximum atomic E-state index is 10.7. The molecule has 5 heteroatoms. The molecule has 1 aliphatic carbocycles. The second-order valence-electron chi connectivity index (χ2n) is 4.97. The van der Waals surface area contributed by atoms with Crippen LogP contribution in [0.25, 0.3) is 11.0 Å². The summed E-state index contributed by atoms with van der Waals surface area (Å²) >= 11 is 1.31. The fraction of sp³-hybridized carbons (Fsp3) is 0.429. The van der Waals surface area contributed by atoms with Crippen molar-refractivity contribution in [1.82, 2.24) is 9.55 Å². The van der Waals surface area contributed by atoms with Gasteiger partial charge in [0.05, 0.1) is 16.8 Å². The van der Waals surface area contributed by atoms with Crippen LogP contribution in [0.15, 0.2) is 29.4 Å². The summed E-state index contributed by atoms with van der Waals surface area (Å²) in [6.07, 6.45) is 3.86. The van der Waals surface area contributed by atoms with Crippen molar-refractivity contribution >= 4 is 28.8 Å². The van der Waals surface area contributed by atoms with Crippen LogP contribution >= 0.6 is 11.8 Å². The van der Waals surface area contributed by atoms with Crippen LogP contribution in [0.1, 0.15) is 19.3 Å². The number of carboxylic acid groups (broad SMARTS) is 1. The van der Waals surface area contributed by atoms with Gasteiger partial charge in [0.25, 0.3) is 0 Å². The lowest BCUT2D eigenvalue weighted by atomic mass is 9.85. The van der Waals surface area contributed by atoms with E-state index in [9.17, 15) is 4.79 Å². The minimum Gasteiger partial charge on any atom is -0.481 e. The first kappa shape index (κ1) is 12.5. The first-order chi connectivity index (χ1) is 9.24. The van der Waals surface area contributed by atoms with Crippen LogP contribution < -0.4 is 0 Å². The van der Waals surface area contributed by atoms with Crippen LogP contribution in [0.4, 0.5) is 0 Å². The summed E-state index contributed by atoms with van der Waals surface area (Å²) in [4.78, 5) is 15.3. The lowest BCUT2D eigenvalue weighted by molar-refractivity contribution is -0.133. The molecule has 100 valence electrons. The number of hydrogen-bond acceptors (Lipinski definition) is 3. The topological polar surface area (TPSA) is 55.1 Å². The van der Waals surface area contributed by atoms with Crippen molar-refractivity contribution < 1.29 is 9.90 Å². The van der Waals surface area contributed by atoms with E-state index in [1.54, 1.807) is 0 Å². The minimum atomic E-state index is -0.799. The molecular weight excluding hydrogens is 260 g/mol. The van der Waals surface area contributed by atoms with E-state index in [0.29, 0.717) is 0 Å². The molecule has 1 N–H and O–H groups in total. The van der Waals surface area contributed by atoms with Crippen molar-refractivity contribution in [3.63, 3.8) is 0 Å². The van der Waals surface area contributed by atoms with Gasteiger partial charge in [-0.05, 0) is 30.9 Å². The number of aromatic nitrogens is 2. The van der Waals surface area contributed by atoms with Gasteiger partial charge < -0.3 is 9.67 Å². The Hall–Kier alpha value is -1.49. The number of imidazole rings is 1. The highest BCUT2D eigenvalue weighted by Crippen LogP contribution is 2.32. The molecule has 0 spiro atoms. The molecule has 0 aliphatic heterocycles. The van der Waals surface area contributed by atoms with Crippen molar-refractivity contribution in [3.05, 3.63) is 24.3 Å². The number of aliphatic carboxylic acids is 1. The Kier molecular flexibility index (Phi) is 3.46. The largest absolute Gasteiger partial charge is 0.481 e. The highest BCUT2D eigenvalue weighted by molar-refractivity contribution is 7.99. The Morgan fingerprint density at radius 2 is 2.21 bits per heavy atom. The molecule has 1 fully saturated rings. The van der Waals surface area contributed by atoms with E-state index in [-0.39, 0.29) is 5.75 Å². The fourth-order valence-corrected chi connectivity index (χ4v) is 3.14. The molecule has 1 aliphatic rings. The molecule has 19 heavy (non-hydrogen) atoms. The van der Waals surface area contributed by atoms with Gasteiger partial charge in [-0.1, -0.05) is 30.3 Å². The Labute approximate surface area is 115 Å². The summed E-state index contributed by atoms with van der Waals surface area (Å²) in [7, 11) is 0. The molecule has 1 aromatic carbocycles. The molecule has 3 rings (SSSR count). The van der Waals surface area contributed by atoms with Crippen molar-refractivity contribution in [2.45, 2.75) is 31.0 Å². The van der Waals surface area contributed by atoms with Gasteiger partial charge in [0.1, 0.15) is 0 Å². The van der Waals surface area contributed by atoms with E-state index >= 15 is 0 Å². The van der Waals surface area contributed by atoms with Crippen molar-refractivity contribution in [2.24, 2.45) is 5.92 Å². The molecule has 0 atom stereocenters. The zero-order valence-electron chi connectivity index (χ0n) is 10.6. The van der Waals surface area contributed by atoms with Gasteiger partial charge in [-0.15, -0.1) is 0 Å². The molecule has 0 unspecified atom stereocenters. The molecule has 0 amide bonds. The highest BCUT2D eigenvalue weighted by atomic mass is 32.2. The SMILES string of the molecule is O=C(O)CSc1nc2ccccc2n1CC1CCC1. The van der Waals surface area contributed by atoms with E-state index in [1.807, 2.05) is 18.2 Å². The average Bonchev–Trinajstić information content (AvgIpc) is 2.69. The standard InChI is InChI=1S/C14H16N2O2S/c17-13(18)9-19-14-15-11-6-1-2-7-12(11)16(14)8-10-4-3-5-10/h1-2,6-7,10H,3-5,8-9H2,(H,17,18). The second kappa shape index (κ2) is 5.25. The van der Waals surface area contributed by atoms with Crippen LogP contribution in [0.3, 0.4) is 0 Å². The predicted molar refractivity (Wildman–Crippen MR) is 75.4 cm³/mol. The monoisotopic (exact) mass is 276 g/mol. The first-order valence-corrected chi connectivity index (χ1v) is 7.52. The Morgan fingerprint density at radius 3 is 2.89 bits per heavy atom. The minimum absolute atomic E-state index is 0.0635. The Balaban J connectivity index is 1.93. The van der Waals surface area contributed by atoms with E-state index < -0.39 is 5.97 Å². The fourth-order valence-electron chi connectivity index (χ4n) is 2.40. The predicted octanol–water partition coefficient (Wildman–Crippen LogP) is 3.01. The molecule has 1 aromatic heterocycles. The number of fused-ring (bicyclic) bond motifs is 1. The van der Waals surface area contributed by atoms with E-state index in [0.717, 1.165) is 28.7 Å². The number of benzene rings is 1. The van der Waals surface area contributed by atoms with Gasteiger partial charge in [0.15, 0.2) is 5.16 Å². The molecule has 0 saturated heterocycles. The van der Waals surface area contributed by atoms with Gasteiger partial charge >= 0.3 is 5.97 Å². The molecule has 0 bridgehead atoms. The second-order valence-corrected chi connectivity index (χ2v) is 5.92. The Bertz CT molecular complexity index is 605. The number of carboxylic acids is 1. The summed E-state index contributed by atoms with van der Waals surface area (Å²) in [5.41, 5.74) is 2.07. The normalized spacial score (nSPS) is 15.6. The molecule has 4 nitrogen and oxygen atoms in total. The summed E-state index contributed by atoms with van der Waals surface area (Å²) < 4.78 is 2.19. The third-order valence-corrected chi connectivity index (χ3v) is 4.57. The van der Waals surface area contributed by atoms with E-state index in [4.69, 9.17) is 5.11 Å². The smallest absolute Gasteiger partial charge is 0.313 e. The lowest BCUT2D eigenvalue weighted by Crippen LogP contribution is -2.18. The number of rotatable bonds is 5. The first-order valence-electron chi connectivity index (χ1n) is 6.54. The summed E-state index contributed by atoms with van der Waals surface area (Å²) in [6, 6.07) is 8.02. The highest BCUT2D eigenvalue weighted by Gasteiger charge is 2.21. The average molecular weight is 276 g/mol. The van der Waals surface area contributed by atoms with Crippen LogP contribution in [-0.2, 0) is 11.3 Å². The molecular formula is C14H16N2O2S. The van der Waals surface area contributed by atoms with Gasteiger partial charge in [0.2, 0.25) is 0 Å².